The highest BCUT2D eigenvalue weighted by molar-refractivity contribution is 5.92. The number of nitrogens with two attached hydrogens (primary N) is 2. The van der Waals surface area contributed by atoms with E-state index in [0.29, 0.717) is 6.42 Å². The first kappa shape index (κ1) is 14.8. The van der Waals surface area contributed by atoms with Crippen LogP contribution in [-0.2, 0) is 4.79 Å². The first-order valence-corrected chi connectivity index (χ1v) is 6.24. The lowest BCUT2D eigenvalue weighted by Gasteiger charge is -2.12. The first-order chi connectivity index (χ1) is 9.11. The number of carbonyl (C=O) groups excluding carboxylic acids is 1. The average Bonchev–Trinajstić information content (AvgIpc) is 2.37. The Hall–Kier alpha value is -2.30. The van der Waals surface area contributed by atoms with Gasteiger partial charge in [-0.2, -0.15) is 0 Å². The van der Waals surface area contributed by atoms with Crippen molar-refractivity contribution in [2.75, 3.05) is 0 Å². The van der Waals surface area contributed by atoms with Crippen LogP contribution in [0.25, 0.3) is 6.08 Å². The molecular formula is C14H20N4O. The molecule has 0 saturated carbocycles. The molecule has 5 heteroatoms. The Labute approximate surface area is 113 Å². The van der Waals surface area contributed by atoms with Gasteiger partial charge in [-0.15, -0.1) is 0 Å². The standard InChI is InChI=1S/C14H20N4O/c1-2-6-12(18-14(15)16)17-13(19)10-9-11-7-4-3-5-8-11/h3-5,7-10,12H,2,6H2,1H3,(H,17,19)(H4,15,16,18)/b10-9+. The molecule has 102 valence electrons. The summed E-state index contributed by atoms with van der Waals surface area (Å²) in [6.45, 7) is 2.00. The van der Waals surface area contributed by atoms with Crippen LogP contribution in [0.4, 0.5) is 0 Å². The van der Waals surface area contributed by atoms with Gasteiger partial charge in [0.25, 0.3) is 0 Å². The third-order valence-corrected chi connectivity index (χ3v) is 2.40. The fourth-order valence-corrected chi connectivity index (χ4v) is 1.57. The summed E-state index contributed by atoms with van der Waals surface area (Å²) in [5, 5.41) is 2.75. The minimum atomic E-state index is -0.372. The van der Waals surface area contributed by atoms with E-state index in [0.717, 1.165) is 12.0 Å². The fourth-order valence-electron chi connectivity index (χ4n) is 1.57. The molecule has 0 radical (unpaired) electrons. The van der Waals surface area contributed by atoms with Crippen LogP contribution in [-0.4, -0.2) is 18.0 Å². The highest BCUT2D eigenvalue weighted by Gasteiger charge is 2.07. The maximum atomic E-state index is 11.7. The van der Waals surface area contributed by atoms with Gasteiger partial charge in [0.1, 0.15) is 6.17 Å². The van der Waals surface area contributed by atoms with E-state index < -0.39 is 0 Å². The Kier molecular flexibility index (Phi) is 6.15. The van der Waals surface area contributed by atoms with Crippen molar-refractivity contribution in [2.45, 2.75) is 25.9 Å². The van der Waals surface area contributed by atoms with Crippen LogP contribution in [0.5, 0.6) is 0 Å². The number of aliphatic imine (C=N–C) groups is 1. The maximum Gasteiger partial charge on any atom is 0.245 e. The number of nitrogens with one attached hydrogen (secondary N) is 1. The van der Waals surface area contributed by atoms with Crippen molar-refractivity contribution in [3.05, 3.63) is 42.0 Å². The van der Waals surface area contributed by atoms with Crippen molar-refractivity contribution >= 4 is 17.9 Å². The van der Waals surface area contributed by atoms with E-state index in [4.69, 9.17) is 11.5 Å². The summed E-state index contributed by atoms with van der Waals surface area (Å²) >= 11 is 0. The van der Waals surface area contributed by atoms with E-state index in [-0.39, 0.29) is 18.0 Å². The van der Waals surface area contributed by atoms with Gasteiger partial charge in [-0.05, 0) is 18.1 Å². The molecule has 1 aromatic carbocycles. The molecule has 0 aromatic heterocycles. The van der Waals surface area contributed by atoms with E-state index >= 15 is 0 Å². The van der Waals surface area contributed by atoms with Gasteiger partial charge in [-0.3, -0.25) is 4.79 Å². The van der Waals surface area contributed by atoms with E-state index in [1.54, 1.807) is 6.08 Å². The lowest BCUT2D eigenvalue weighted by molar-refractivity contribution is -0.117. The topological polar surface area (TPSA) is 93.5 Å². The molecule has 0 saturated heterocycles. The van der Waals surface area contributed by atoms with Crippen LogP contribution in [0.15, 0.2) is 41.4 Å². The SMILES string of the molecule is CCCC(N=C(N)N)NC(=O)/C=C/c1ccccc1. The van der Waals surface area contributed by atoms with Gasteiger partial charge < -0.3 is 16.8 Å². The number of hydrogen-bond acceptors (Lipinski definition) is 2. The number of carbonyl (C=O) groups is 1. The highest BCUT2D eigenvalue weighted by atomic mass is 16.1. The van der Waals surface area contributed by atoms with Gasteiger partial charge in [0.15, 0.2) is 5.96 Å². The van der Waals surface area contributed by atoms with Crippen LogP contribution < -0.4 is 16.8 Å². The summed E-state index contributed by atoms with van der Waals surface area (Å²) < 4.78 is 0. The van der Waals surface area contributed by atoms with Crippen molar-refractivity contribution in [3.63, 3.8) is 0 Å². The molecule has 0 bridgehead atoms. The van der Waals surface area contributed by atoms with Gasteiger partial charge in [0.2, 0.25) is 5.91 Å². The van der Waals surface area contributed by atoms with Crippen molar-refractivity contribution in [2.24, 2.45) is 16.5 Å². The second-order valence-corrected chi connectivity index (χ2v) is 4.11. The van der Waals surface area contributed by atoms with Crippen LogP contribution in [0.2, 0.25) is 0 Å². The van der Waals surface area contributed by atoms with E-state index in [2.05, 4.69) is 10.3 Å². The minimum Gasteiger partial charge on any atom is -0.370 e. The molecule has 0 heterocycles. The second kappa shape index (κ2) is 7.92. The summed E-state index contributed by atoms with van der Waals surface area (Å²) in [4.78, 5) is 15.7. The second-order valence-electron chi connectivity index (χ2n) is 4.11. The average molecular weight is 260 g/mol. The molecule has 0 aliphatic rings. The molecule has 0 fully saturated rings. The zero-order chi connectivity index (χ0) is 14.1. The molecule has 0 aliphatic carbocycles. The van der Waals surface area contributed by atoms with Crippen molar-refractivity contribution in [1.29, 1.82) is 0 Å². The van der Waals surface area contributed by atoms with Crippen LogP contribution in [0.1, 0.15) is 25.3 Å². The molecule has 1 rings (SSSR count). The van der Waals surface area contributed by atoms with Gasteiger partial charge in [-0.25, -0.2) is 4.99 Å². The monoisotopic (exact) mass is 260 g/mol. The molecular weight excluding hydrogens is 240 g/mol. The number of benzene rings is 1. The Bertz CT molecular complexity index is 450. The third kappa shape index (κ3) is 6.26. The lowest BCUT2D eigenvalue weighted by Crippen LogP contribution is -2.36. The zero-order valence-electron chi connectivity index (χ0n) is 11.0. The van der Waals surface area contributed by atoms with Crippen LogP contribution in [0.3, 0.4) is 0 Å². The summed E-state index contributed by atoms with van der Waals surface area (Å²) in [6.07, 6.45) is 4.42. The first-order valence-electron chi connectivity index (χ1n) is 6.24. The quantitative estimate of drug-likeness (QED) is 0.408. The van der Waals surface area contributed by atoms with Gasteiger partial charge in [0.05, 0.1) is 0 Å². The Balaban J connectivity index is 2.58. The van der Waals surface area contributed by atoms with Gasteiger partial charge in [-0.1, -0.05) is 43.7 Å². The number of guanidine groups is 1. The normalized spacial score (nSPS) is 12.1. The molecule has 1 amide bonds. The zero-order valence-corrected chi connectivity index (χ0v) is 11.0. The number of amides is 1. The molecule has 0 aliphatic heterocycles. The Morgan fingerprint density at radius 3 is 2.63 bits per heavy atom. The molecule has 1 atom stereocenters. The van der Waals surface area contributed by atoms with Crippen molar-refractivity contribution < 1.29 is 4.79 Å². The molecule has 1 unspecified atom stereocenters. The number of rotatable bonds is 6. The number of hydrogen-bond donors (Lipinski definition) is 3. The molecule has 19 heavy (non-hydrogen) atoms. The van der Waals surface area contributed by atoms with Crippen molar-refractivity contribution in [3.8, 4) is 0 Å². The minimum absolute atomic E-state index is 0.0224. The predicted octanol–water partition coefficient (Wildman–Crippen LogP) is 1.22. The number of nitrogens with zero attached hydrogens (tertiary/aromatic N) is 1. The molecule has 5 nitrogen and oxygen atoms in total. The smallest absolute Gasteiger partial charge is 0.245 e. The largest absolute Gasteiger partial charge is 0.370 e. The predicted molar refractivity (Wildman–Crippen MR) is 78.1 cm³/mol. The highest BCUT2D eigenvalue weighted by Crippen LogP contribution is 2.02. The lowest BCUT2D eigenvalue weighted by atomic mass is 10.2. The Morgan fingerprint density at radius 2 is 2.05 bits per heavy atom. The molecule has 0 spiro atoms. The third-order valence-electron chi connectivity index (χ3n) is 2.40. The van der Waals surface area contributed by atoms with Crippen molar-refractivity contribution in [1.82, 2.24) is 5.32 Å². The summed E-state index contributed by atoms with van der Waals surface area (Å²) in [7, 11) is 0. The van der Waals surface area contributed by atoms with E-state index in [9.17, 15) is 4.79 Å². The molecule has 1 aromatic rings. The van der Waals surface area contributed by atoms with Gasteiger partial charge >= 0.3 is 0 Å². The maximum absolute atomic E-state index is 11.7. The fraction of sp³-hybridized carbons (Fsp3) is 0.286. The summed E-state index contributed by atoms with van der Waals surface area (Å²) in [5.41, 5.74) is 11.6. The van der Waals surface area contributed by atoms with E-state index in [1.807, 2.05) is 37.3 Å². The van der Waals surface area contributed by atoms with E-state index in [1.165, 1.54) is 6.08 Å². The van der Waals surface area contributed by atoms with Gasteiger partial charge in [0, 0.05) is 6.08 Å². The Morgan fingerprint density at radius 1 is 1.37 bits per heavy atom. The van der Waals surface area contributed by atoms with Crippen LogP contribution in [0, 0.1) is 0 Å². The summed E-state index contributed by atoms with van der Waals surface area (Å²) in [5.74, 6) is -0.238. The summed E-state index contributed by atoms with van der Waals surface area (Å²) in [6, 6.07) is 9.59. The van der Waals surface area contributed by atoms with Crippen LogP contribution >= 0.6 is 0 Å². The molecule has 5 N–H and O–H groups in total.